The van der Waals surface area contributed by atoms with E-state index >= 15 is 0 Å². The fourth-order valence-electron chi connectivity index (χ4n) is 8.27. The number of benzene rings is 8. The zero-order valence-corrected chi connectivity index (χ0v) is 31.2. The van der Waals surface area contributed by atoms with E-state index in [1.54, 1.807) is 0 Å². The Labute approximate surface area is 330 Å². The molecule has 0 aliphatic rings. The highest BCUT2D eigenvalue weighted by atomic mass is 16.5. The minimum atomic E-state index is -0.351. The Morgan fingerprint density at radius 3 is 1.88 bits per heavy atom. The molecule has 0 spiro atoms. The number of nitrogen functional groups attached to an aromatic ring is 1. The first kappa shape index (κ1) is 34.0. The average molecular weight is 738 g/mol. The Bertz CT molecular complexity index is 3040. The SMILES string of the molecule is NC(=NC(c1ccccc1)c1ccccc1)n1c2ccc(N)c(OCc3ccccc3)c2c2cccc(-n3c4ccccc4c4ccc(-c5ccccc5)cc43)c21. The summed E-state index contributed by atoms with van der Waals surface area (Å²) in [5.74, 6) is 0.964. The van der Waals surface area contributed by atoms with E-state index in [9.17, 15) is 0 Å². The van der Waals surface area contributed by atoms with Crippen LogP contribution < -0.4 is 16.2 Å². The van der Waals surface area contributed by atoms with Crippen LogP contribution in [0.15, 0.2) is 199 Å². The van der Waals surface area contributed by atoms with Gasteiger partial charge in [-0.05, 0) is 58.1 Å². The van der Waals surface area contributed by atoms with Crippen molar-refractivity contribution in [1.82, 2.24) is 9.13 Å². The molecule has 6 heteroatoms. The second-order valence-corrected chi connectivity index (χ2v) is 14.3. The number of fused-ring (bicyclic) bond motifs is 6. The minimum Gasteiger partial charge on any atom is -0.486 e. The molecule has 274 valence electrons. The second kappa shape index (κ2) is 14.3. The van der Waals surface area contributed by atoms with Crippen molar-refractivity contribution in [1.29, 1.82) is 0 Å². The monoisotopic (exact) mass is 737 g/mol. The first-order valence-corrected chi connectivity index (χ1v) is 19.2. The van der Waals surface area contributed by atoms with Gasteiger partial charge in [-0.25, -0.2) is 4.99 Å². The molecule has 0 saturated carbocycles. The van der Waals surface area contributed by atoms with Crippen LogP contribution in [0.5, 0.6) is 5.75 Å². The maximum atomic E-state index is 7.38. The lowest BCUT2D eigenvalue weighted by Crippen LogP contribution is -2.24. The van der Waals surface area contributed by atoms with Gasteiger partial charge in [0.1, 0.15) is 12.6 Å². The Balaban J connectivity index is 1.29. The van der Waals surface area contributed by atoms with Crippen molar-refractivity contribution in [3.63, 3.8) is 0 Å². The van der Waals surface area contributed by atoms with Crippen molar-refractivity contribution in [3.05, 3.63) is 211 Å². The zero-order valence-electron chi connectivity index (χ0n) is 31.2. The van der Waals surface area contributed by atoms with Gasteiger partial charge in [-0.15, -0.1) is 0 Å². The van der Waals surface area contributed by atoms with Crippen LogP contribution in [0.2, 0.25) is 0 Å². The fraction of sp³-hybridized carbons (Fsp3) is 0.0392. The van der Waals surface area contributed by atoms with Crippen molar-refractivity contribution in [2.45, 2.75) is 12.6 Å². The summed E-state index contributed by atoms with van der Waals surface area (Å²) in [5.41, 5.74) is 25.0. The Kier molecular flexibility index (Phi) is 8.49. The van der Waals surface area contributed by atoms with Gasteiger partial charge in [-0.1, -0.05) is 164 Å². The lowest BCUT2D eigenvalue weighted by molar-refractivity contribution is 0.312. The number of hydrogen-bond donors (Lipinski definition) is 2. The van der Waals surface area contributed by atoms with Gasteiger partial charge < -0.3 is 20.8 Å². The van der Waals surface area contributed by atoms with Crippen LogP contribution in [0.3, 0.4) is 0 Å². The maximum Gasteiger partial charge on any atom is 0.201 e. The molecule has 6 nitrogen and oxygen atoms in total. The lowest BCUT2D eigenvalue weighted by Gasteiger charge is -2.18. The van der Waals surface area contributed by atoms with Crippen LogP contribution in [0, 0.1) is 0 Å². The molecule has 0 fully saturated rings. The van der Waals surface area contributed by atoms with Crippen molar-refractivity contribution < 1.29 is 4.74 Å². The summed E-state index contributed by atoms with van der Waals surface area (Å²) >= 11 is 0. The predicted octanol–water partition coefficient (Wildman–Crippen LogP) is 11.7. The van der Waals surface area contributed by atoms with Gasteiger partial charge in [0.05, 0.1) is 38.8 Å². The lowest BCUT2D eigenvalue weighted by atomic mass is 9.99. The highest BCUT2D eigenvalue weighted by Gasteiger charge is 2.25. The van der Waals surface area contributed by atoms with Gasteiger partial charge in [0.25, 0.3) is 0 Å². The summed E-state index contributed by atoms with van der Waals surface area (Å²) in [7, 11) is 0. The summed E-state index contributed by atoms with van der Waals surface area (Å²) < 4.78 is 11.1. The van der Waals surface area contributed by atoms with Crippen LogP contribution in [-0.2, 0) is 6.61 Å². The van der Waals surface area contributed by atoms with E-state index in [0.717, 1.165) is 77.1 Å². The Morgan fingerprint density at radius 2 is 1.16 bits per heavy atom. The van der Waals surface area contributed by atoms with E-state index in [4.69, 9.17) is 21.2 Å². The minimum absolute atomic E-state index is 0.351. The molecule has 0 saturated heterocycles. The van der Waals surface area contributed by atoms with Crippen LogP contribution in [0.4, 0.5) is 5.69 Å². The second-order valence-electron chi connectivity index (χ2n) is 14.3. The average Bonchev–Trinajstić information content (AvgIpc) is 3.79. The molecule has 57 heavy (non-hydrogen) atoms. The Hall–Kier alpha value is -7.57. The number of hydrogen-bond acceptors (Lipinski definition) is 3. The molecule has 0 aliphatic heterocycles. The number of rotatable bonds is 8. The molecule has 0 bridgehead atoms. The molecule has 0 amide bonds. The van der Waals surface area contributed by atoms with Crippen LogP contribution in [0.1, 0.15) is 22.7 Å². The van der Waals surface area contributed by atoms with Gasteiger partial charge >= 0.3 is 0 Å². The largest absolute Gasteiger partial charge is 0.486 e. The third kappa shape index (κ3) is 5.95. The third-order valence-corrected chi connectivity index (χ3v) is 10.9. The molecule has 4 N–H and O–H groups in total. The zero-order chi connectivity index (χ0) is 38.3. The molecule has 0 unspecified atom stereocenters. The number of ether oxygens (including phenoxy) is 1. The fourth-order valence-corrected chi connectivity index (χ4v) is 8.27. The molecule has 0 radical (unpaired) electrons. The van der Waals surface area contributed by atoms with E-state index in [1.807, 2.05) is 66.7 Å². The standard InChI is InChI=1S/C51H39N5O/c52-42-30-31-44-47(50(42)57-33-34-16-5-1-6-17-34)41-25-15-27-45(49(41)56(44)51(53)54-48(36-20-9-3-10-21-36)37-22-11-4-12-23-37)55-43-26-14-13-24-39(43)40-29-28-38(32-46(40)55)35-18-7-2-8-19-35/h1-32,48H,33,52H2,(H2,53,54). The number of aliphatic imine (C=N–C) groups is 1. The summed E-state index contributed by atoms with van der Waals surface area (Å²) in [4.78, 5) is 5.38. The summed E-state index contributed by atoms with van der Waals surface area (Å²) in [6, 6.07) is 66.6. The topological polar surface area (TPSA) is 83.5 Å². The molecule has 10 rings (SSSR count). The normalized spacial score (nSPS) is 12.0. The van der Waals surface area contributed by atoms with Gasteiger partial charge in [0, 0.05) is 16.2 Å². The van der Waals surface area contributed by atoms with Crippen LogP contribution in [-0.4, -0.2) is 15.1 Å². The first-order chi connectivity index (χ1) is 28.1. The number of anilines is 1. The van der Waals surface area contributed by atoms with E-state index in [2.05, 4.69) is 137 Å². The maximum absolute atomic E-state index is 7.38. The van der Waals surface area contributed by atoms with Gasteiger partial charge in [-0.3, -0.25) is 4.57 Å². The van der Waals surface area contributed by atoms with Crippen molar-refractivity contribution >= 4 is 55.3 Å². The molecule has 0 aliphatic carbocycles. The Morgan fingerprint density at radius 1 is 0.544 bits per heavy atom. The van der Waals surface area contributed by atoms with Crippen molar-refractivity contribution in [3.8, 4) is 22.6 Å². The summed E-state index contributed by atoms with van der Waals surface area (Å²) in [6.07, 6.45) is 0. The summed E-state index contributed by atoms with van der Waals surface area (Å²) in [5, 5.41) is 4.16. The number of para-hydroxylation sites is 2. The van der Waals surface area contributed by atoms with Crippen molar-refractivity contribution in [2.75, 3.05) is 5.73 Å². The molecule has 2 aromatic heterocycles. The van der Waals surface area contributed by atoms with Crippen LogP contribution in [0.25, 0.3) is 60.4 Å². The first-order valence-electron chi connectivity index (χ1n) is 19.2. The molecular weight excluding hydrogens is 699 g/mol. The molecule has 0 atom stereocenters. The summed E-state index contributed by atoms with van der Waals surface area (Å²) in [6.45, 7) is 0.360. The van der Waals surface area contributed by atoms with Gasteiger partial charge in [0.2, 0.25) is 5.96 Å². The molecule has 2 heterocycles. The molecule has 8 aromatic carbocycles. The smallest absolute Gasteiger partial charge is 0.201 e. The van der Waals surface area contributed by atoms with Crippen molar-refractivity contribution in [2.24, 2.45) is 10.7 Å². The van der Waals surface area contributed by atoms with Crippen LogP contribution >= 0.6 is 0 Å². The highest BCUT2D eigenvalue weighted by molar-refractivity contribution is 6.20. The van der Waals surface area contributed by atoms with Gasteiger partial charge in [0.15, 0.2) is 5.75 Å². The quantitative estimate of drug-likeness (QED) is 0.0925. The third-order valence-electron chi connectivity index (χ3n) is 10.9. The highest BCUT2D eigenvalue weighted by Crippen LogP contribution is 2.44. The number of nitrogens with zero attached hydrogens (tertiary/aromatic N) is 3. The van der Waals surface area contributed by atoms with E-state index in [1.165, 1.54) is 0 Å². The predicted molar refractivity (Wildman–Crippen MR) is 236 cm³/mol. The number of aromatic nitrogens is 2. The van der Waals surface area contributed by atoms with E-state index in [-0.39, 0.29) is 6.04 Å². The van der Waals surface area contributed by atoms with E-state index < -0.39 is 0 Å². The molecule has 10 aromatic rings. The molecular formula is C51H39N5O. The van der Waals surface area contributed by atoms with E-state index in [0.29, 0.717) is 24.0 Å². The van der Waals surface area contributed by atoms with Gasteiger partial charge in [-0.2, -0.15) is 0 Å². The number of nitrogens with two attached hydrogens (primary N) is 2.